The quantitative estimate of drug-likeness (QED) is 0.357. The minimum Gasteiger partial charge on any atom is -0.118 e. The highest BCUT2D eigenvalue weighted by atomic mass is 35.5. The topological polar surface area (TPSA) is 0 Å². The van der Waals surface area contributed by atoms with E-state index in [0.717, 1.165) is 18.4 Å². The molecule has 0 N–H and O–H groups in total. The molecule has 0 nitrogen and oxygen atoms in total. The summed E-state index contributed by atoms with van der Waals surface area (Å²) in [7, 11) is 0. The lowest BCUT2D eigenvalue weighted by Crippen LogP contribution is -1.92. The van der Waals surface area contributed by atoms with E-state index < -0.39 is 0 Å². The minimum atomic E-state index is -0.0256. The van der Waals surface area contributed by atoms with E-state index in [1.807, 2.05) is 12.1 Å². The number of alkyl halides is 1. The Morgan fingerprint density at radius 2 is 1.67 bits per heavy atom. The molecular formula is C15H21Cl3. The highest BCUT2D eigenvalue weighted by Gasteiger charge is 2.12. The molecule has 1 rings (SSSR count). The number of unbranched alkanes of at least 4 members (excludes halogenated alkanes) is 5. The maximum atomic E-state index is 6.38. The summed E-state index contributed by atoms with van der Waals surface area (Å²) in [4.78, 5) is 0. The first-order chi connectivity index (χ1) is 8.65. The van der Waals surface area contributed by atoms with Crippen molar-refractivity contribution in [2.45, 2.75) is 57.2 Å². The van der Waals surface area contributed by atoms with Crippen LogP contribution in [0.5, 0.6) is 0 Å². The van der Waals surface area contributed by atoms with Gasteiger partial charge in [0.15, 0.2) is 0 Å². The Morgan fingerprint density at radius 1 is 1.00 bits per heavy atom. The minimum absolute atomic E-state index is 0.0256. The second-order valence-corrected chi connectivity index (χ2v) is 6.06. The van der Waals surface area contributed by atoms with Crippen LogP contribution < -0.4 is 0 Å². The lowest BCUT2D eigenvalue weighted by molar-refractivity contribution is 0.585. The van der Waals surface area contributed by atoms with E-state index in [2.05, 4.69) is 6.92 Å². The van der Waals surface area contributed by atoms with E-state index >= 15 is 0 Å². The van der Waals surface area contributed by atoms with E-state index in [0.29, 0.717) is 10.0 Å². The van der Waals surface area contributed by atoms with Gasteiger partial charge in [-0.15, -0.1) is 11.6 Å². The molecule has 0 aromatic heterocycles. The Bertz CT molecular complexity index is 350. The molecule has 1 unspecified atom stereocenters. The first kappa shape index (κ1) is 16.1. The van der Waals surface area contributed by atoms with E-state index in [-0.39, 0.29) is 5.38 Å². The molecule has 1 atom stereocenters. The lowest BCUT2D eigenvalue weighted by Gasteiger charge is -2.12. The predicted molar refractivity (Wildman–Crippen MR) is 83.0 cm³/mol. The molecule has 1 aromatic rings. The van der Waals surface area contributed by atoms with Gasteiger partial charge in [-0.25, -0.2) is 0 Å². The first-order valence-corrected chi connectivity index (χ1v) is 7.93. The third-order valence-corrected chi connectivity index (χ3v) is 4.14. The van der Waals surface area contributed by atoms with E-state index in [1.165, 1.54) is 32.1 Å². The molecule has 0 saturated carbocycles. The van der Waals surface area contributed by atoms with Crippen molar-refractivity contribution in [2.24, 2.45) is 0 Å². The fourth-order valence-electron chi connectivity index (χ4n) is 2.01. The normalized spacial score (nSPS) is 12.7. The molecule has 0 heterocycles. The zero-order valence-corrected chi connectivity index (χ0v) is 13.2. The predicted octanol–water partition coefficient (Wildman–Crippen LogP) is 7.02. The Hall–Kier alpha value is 0.0900. The summed E-state index contributed by atoms with van der Waals surface area (Å²) in [5.41, 5.74) is 0.958. The van der Waals surface area contributed by atoms with Gasteiger partial charge in [-0.2, -0.15) is 0 Å². The van der Waals surface area contributed by atoms with Crippen molar-refractivity contribution in [2.75, 3.05) is 0 Å². The Morgan fingerprint density at radius 3 is 2.39 bits per heavy atom. The van der Waals surface area contributed by atoms with Crippen molar-refractivity contribution >= 4 is 34.8 Å². The summed E-state index contributed by atoms with van der Waals surface area (Å²) in [6.45, 7) is 2.23. The molecule has 0 spiro atoms. The van der Waals surface area contributed by atoms with Crippen LogP contribution in [0, 0.1) is 0 Å². The van der Waals surface area contributed by atoms with Crippen LogP contribution in [0.25, 0.3) is 0 Å². The van der Waals surface area contributed by atoms with Gasteiger partial charge in [0.2, 0.25) is 0 Å². The number of hydrogen-bond donors (Lipinski definition) is 0. The summed E-state index contributed by atoms with van der Waals surface area (Å²) in [6.07, 6.45) is 8.64. The summed E-state index contributed by atoms with van der Waals surface area (Å²) in [6, 6.07) is 5.48. The van der Waals surface area contributed by atoms with Crippen molar-refractivity contribution in [3.8, 4) is 0 Å². The standard InChI is InChI=1S/C15H21Cl3/c1-2-3-4-5-6-7-8-14(17)13-11-12(16)9-10-15(13)18/h9-11,14H,2-8H2,1H3. The van der Waals surface area contributed by atoms with Gasteiger partial charge in [0.25, 0.3) is 0 Å². The van der Waals surface area contributed by atoms with Gasteiger partial charge in [-0.3, -0.25) is 0 Å². The number of benzene rings is 1. The van der Waals surface area contributed by atoms with E-state index in [9.17, 15) is 0 Å². The average molecular weight is 308 g/mol. The van der Waals surface area contributed by atoms with Crippen LogP contribution in [-0.2, 0) is 0 Å². The van der Waals surface area contributed by atoms with Gasteiger partial charge in [-0.05, 0) is 30.2 Å². The van der Waals surface area contributed by atoms with Crippen LogP contribution in [0.15, 0.2) is 18.2 Å². The van der Waals surface area contributed by atoms with Crippen LogP contribution in [0.2, 0.25) is 10.0 Å². The summed E-state index contributed by atoms with van der Waals surface area (Å²) in [5.74, 6) is 0. The SMILES string of the molecule is CCCCCCCCC(Cl)c1cc(Cl)ccc1Cl. The van der Waals surface area contributed by atoms with Crippen molar-refractivity contribution < 1.29 is 0 Å². The monoisotopic (exact) mass is 306 g/mol. The molecule has 0 aliphatic heterocycles. The molecule has 0 radical (unpaired) electrons. The zero-order chi connectivity index (χ0) is 13.4. The van der Waals surface area contributed by atoms with Crippen LogP contribution >= 0.6 is 34.8 Å². The largest absolute Gasteiger partial charge is 0.118 e. The van der Waals surface area contributed by atoms with Crippen molar-refractivity contribution in [1.29, 1.82) is 0 Å². The van der Waals surface area contributed by atoms with Crippen LogP contribution in [0.1, 0.15) is 62.8 Å². The molecule has 18 heavy (non-hydrogen) atoms. The van der Waals surface area contributed by atoms with Crippen LogP contribution in [0.3, 0.4) is 0 Å². The maximum Gasteiger partial charge on any atom is 0.0600 e. The Labute approximate surface area is 126 Å². The molecule has 1 aromatic carbocycles. The fourth-order valence-corrected chi connectivity index (χ4v) is 2.83. The fraction of sp³-hybridized carbons (Fsp3) is 0.600. The number of halogens is 3. The van der Waals surface area contributed by atoms with Crippen molar-refractivity contribution in [3.63, 3.8) is 0 Å². The van der Waals surface area contributed by atoms with Gasteiger partial charge in [0.1, 0.15) is 0 Å². The number of hydrogen-bond acceptors (Lipinski definition) is 0. The van der Waals surface area contributed by atoms with E-state index in [1.54, 1.807) is 6.07 Å². The van der Waals surface area contributed by atoms with Gasteiger partial charge >= 0.3 is 0 Å². The second-order valence-electron chi connectivity index (χ2n) is 4.69. The highest BCUT2D eigenvalue weighted by molar-refractivity contribution is 6.34. The molecular weight excluding hydrogens is 287 g/mol. The van der Waals surface area contributed by atoms with Gasteiger partial charge < -0.3 is 0 Å². The summed E-state index contributed by atoms with van der Waals surface area (Å²) < 4.78 is 0. The maximum absolute atomic E-state index is 6.38. The van der Waals surface area contributed by atoms with Gasteiger partial charge in [0, 0.05) is 10.0 Å². The second kappa shape index (κ2) is 9.07. The molecule has 0 amide bonds. The molecule has 0 bridgehead atoms. The molecule has 3 heteroatoms. The molecule has 0 fully saturated rings. The first-order valence-electron chi connectivity index (χ1n) is 6.74. The lowest BCUT2D eigenvalue weighted by atomic mass is 10.0. The smallest absolute Gasteiger partial charge is 0.0600 e. The van der Waals surface area contributed by atoms with Crippen LogP contribution in [0.4, 0.5) is 0 Å². The summed E-state index contributed by atoms with van der Waals surface area (Å²) in [5, 5.41) is 1.38. The average Bonchev–Trinajstić information content (AvgIpc) is 2.36. The van der Waals surface area contributed by atoms with Crippen molar-refractivity contribution in [1.82, 2.24) is 0 Å². The molecule has 102 valence electrons. The summed E-state index contributed by atoms with van der Waals surface area (Å²) >= 11 is 18.5. The molecule has 0 aliphatic rings. The Balaban J connectivity index is 2.31. The molecule has 0 saturated heterocycles. The Kier molecular flexibility index (Phi) is 8.13. The highest BCUT2D eigenvalue weighted by Crippen LogP contribution is 2.33. The zero-order valence-electron chi connectivity index (χ0n) is 10.9. The van der Waals surface area contributed by atoms with Crippen molar-refractivity contribution in [3.05, 3.63) is 33.8 Å². The molecule has 0 aliphatic carbocycles. The van der Waals surface area contributed by atoms with Gasteiger partial charge in [0.05, 0.1) is 5.38 Å². The third kappa shape index (κ3) is 5.82. The van der Waals surface area contributed by atoms with Crippen LogP contribution in [-0.4, -0.2) is 0 Å². The third-order valence-electron chi connectivity index (χ3n) is 3.11. The van der Waals surface area contributed by atoms with Gasteiger partial charge in [-0.1, -0.05) is 68.7 Å². The van der Waals surface area contributed by atoms with E-state index in [4.69, 9.17) is 34.8 Å². The number of rotatable bonds is 8.